The summed E-state index contributed by atoms with van der Waals surface area (Å²) in [5.41, 5.74) is 0. The summed E-state index contributed by atoms with van der Waals surface area (Å²) in [5, 5.41) is 8.94. The van der Waals surface area contributed by atoms with E-state index < -0.39 is 0 Å². The van der Waals surface area contributed by atoms with E-state index in [-0.39, 0.29) is 11.9 Å². The van der Waals surface area contributed by atoms with Crippen molar-refractivity contribution in [2.24, 2.45) is 0 Å². The predicted octanol–water partition coefficient (Wildman–Crippen LogP) is 3.42. The van der Waals surface area contributed by atoms with Gasteiger partial charge in [-0.25, -0.2) is 0 Å². The lowest BCUT2D eigenvalue weighted by atomic mass is 10.1. The number of aliphatic hydroxyl groups is 1. The zero-order valence-corrected chi connectivity index (χ0v) is 9.73. The Kier molecular flexibility index (Phi) is 10.6. The molecule has 0 aliphatic carbocycles. The maximum absolute atomic E-state index is 8.73. The second-order valence-corrected chi connectivity index (χ2v) is 4.48. The first-order valence-corrected chi connectivity index (χ1v) is 6.11. The topological polar surface area (TPSA) is 20.2 Å². The van der Waals surface area contributed by atoms with Gasteiger partial charge in [0.1, 0.15) is 0 Å². The summed E-state index contributed by atoms with van der Waals surface area (Å²) in [4.78, 5) is 0. The first-order chi connectivity index (χ1) is 6.31. The average molecular weight is 204 g/mol. The van der Waals surface area contributed by atoms with E-state index in [4.69, 9.17) is 5.11 Å². The Balaban J connectivity index is 2.91. The molecule has 0 fully saturated rings. The summed E-state index contributed by atoms with van der Waals surface area (Å²) in [6.45, 7) is 2.46. The highest BCUT2D eigenvalue weighted by Crippen LogP contribution is 2.11. The Morgan fingerprint density at radius 2 is 1.54 bits per heavy atom. The Hall–Kier alpha value is 0.310. The molecule has 1 atom stereocenters. The van der Waals surface area contributed by atoms with Gasteiger partial charge in [0.2, 0.25) is 0 Å². The van der Waals surface area contributed by atoms with Crippen LogP contribution in [-0.4, -0.2) is 17.0 Å². The maximum atomic E-state index is 8.73. The van der Waals surface area contributed by atoms with Gasteiger partial charge in [-0.2, -0.15) is 12.6 Å². The molecule has 0 aromatic rings. The van der Waals surface area contributed by atoms with E-state index in [0.29, 0.717) is 0 Å². The van der Waals surface area contributed by atoms with Gasteiger partial charge >= 0.3 is 0 Å². The summed E-state index contributed by atoms with van der Waals surface area (Å²) in [6.07, 6.45) is 10.4. The van der Waals surface area contributed by atoms with Crippen LogP contribution in [0.15, 0.2) is 0 Å². The van der Waals surface area contributed by atoms with Crippen LogP contribution >= 0.6 is 12.6 Å². The number of hydrogen-bond acceptors (Lipinski definition) is 2. The first-order valence-electron chi connectivity index (χ1n) is 5.60. The third-order valence-corrected chi connectivity index (χ3v) is 2.77. The fourth-order valence-corrected chi connectivity index (χ4v) is 1.61. The van der Waals surface area contributed by atoms with Crippen LogP contribution in [0.1, 0.15) is 58.3 Å². The minimum atomic E-state index is 0.204. The molecule has 0 aliphatic heterocycles. The predicted molar refractivity (Wildman–Crippen MR) is 62.5 cm³/mol. The molecular formula is C11H24OS. The summed E-state index contributed by atoms with van der Waals surface area (Å²) in [5.74, 6) is 0. The van der Waals surface area contributed by atoms with Crippen molar-refractivity contribution in [3.05, 3.63) is 0 Å². The zero-order chi connectivity index (χ0) is 9.94. The van der Waals surface area contributed by atoms with Crippen LogP contribution in [0.5, 0.6) is 0 Å². The Morgan fingerprint density at radius 1 is 1.00 bits per heavy atom. The van der Waals surface area contributed by atoms with Crippen molar-refractivity contribution in [1.29, 1.82) is 0 Å². The second-order valence-electron chi connectivity index (χ2n) is 3.75. The maximum Gasteiger partial charge on any atom is 0.0547 e. The molecule has 0 saturated heterocycles. The summed E-state index contributed by atoms with van der Waals surface area (Å²) < 4.78 is 0. The first kappa shape index (κ1) is 13.3. The third-order valence-electron chi connectivity index (χ3n) is 2.35. The van der Waals surface area contributed by atoms with Crippen LogP contribution < -0.4 is 0 Å². The molecule has 13 heavy (non-hydrogen) atoms. The molecule has 0 radical (unpaired) electrons. The van der Waals surface area contributed by atoms with E-state index in [9.17, 15) is 0 Å². The molecule has 0 rings (SSSR count). The Labute approximate surface area is 88.3 Å². The summed E-state index contributed by atoms with van der Waals surface area (Å²) in [7, 11) is 0. The molecule has 1 unspecified atom stereocenters. The average Bonchev–Trinajstić information content (AvgIpc) is 2.16. The number of unbranched alkanes of at least 4 members (excludes halogenated alkanes) is 6. The molecule has 1 nitrogen and oxygen atoms in total. The molecule has 0 aliphatic rings. The molecule has 0 saturated carbocycles. The zero-order valence-electron chi connectivity index (χ0n) is 8.84. The van der Waals surface area contributed by atoms with Gasteiger partial charge in [-0.15, -0.1) is 0 Å². The summed E-state index contributed by atoms with van der Waals surface area (Å²) in [6, 6.07) is 0. The van der Waals surface area contributed by atoms with Gasteiger partial charge in [0, 0.05) is 5.25 Å². The molecule has 1 N–H and O–H groups in total. The van der Waals surface area contributed by atoms with E-state index in [2.05, 4.69) is 19.6 Å². The molecular weight excluding hydrogens is 180 g/mol. The van der Waals surface area contributed by atoms with Crippen LogP contribution in [0.4, 0.5) is 0 Å². The fourth-order valence-electron chi connectivity index (χ4n) is 1.43. The van der Waals surface area contributed by atoms with E-state index in [0.717, 1.165) is 6.42 Å². The highest BCUT2D eigenvalue weighted by molar-refractivity contribution is 7.81. The van der Waals surface area contributed by atoms with Crippen molar-refractivity contribution in [2.75, 3.05) is 6.61 Å². The highest BCUT2D eigenvalue weighted by Gasteiger charge is 1.99. The van der Waals surface area contributed by atoms with E-state index >= 15 is 0 Å². The van der Waals surface area contributed by atoms with Gasteiger partial charge in [-0.1, -0.05) is 51.9 Å². The van der Waals surface area contributed by atoms with Crippen LogP contribution in [0.25, 0.3) is 0 Å². The van der Waals surface area contributed by atoms with Gasteiger partial charge in [0.05, 0.1) is 6.61 Å². The van der Waals surface area contributed by atoms with Gasteiger partial charge < -0.3 is 5.11 Å². The minimum Gasteiger partial charge on any atom is -0.395 e. The molecule has 0 aromatic carbocycles. The smallest absolute Gasteiger partial charge is 0.0547 e. The van der Waals surface area contributed by atoms with Crippen LogP contribution in [0.2, 0.25) is 0 Å². The lowest BCUT2D eigenvalue weighted by Crippen LogP contribution is -2.03. The summed E-state index contributed by atoms with van der Waals surface area (Å²) >= 11 is 4.24. The fraction of sp³-hybridized carbons (Fsp3) is 1.00. The van der Waals surface area contributed by atoms with Crippen molar-refractivity contribution in [2.45, 2.75) is 63.5 Å². The normalized spacial score (nSPS) is 13.2. The quantitative estimate of drug-likeness (QED) is 0.435. The number of rotatable bonds is 9. The van der Waals surface area contributed by atoms with E-state index in [1.165, 1.54) is 44.9 Å². The molecule has 0 bridgehead atoms. The van der Waals surface area contributed by atoms with Gasteiger partial charge in [-0.3, -0.25) is 0 Å². The van der Waals surface area contributed by atoms with Crippen LogP contribution in [0.3, 0.4) is 0 Å². The molecule has 0 amide bonds. The Bertz CT molecular complexity index is 96.1. The minimum absolute atomic E-state index is 0.204. The van der Waals surface area contributed by atoms with Crippen molar-refractivity contribution in [3.8, 4) is 0 Å². The standard InChI is InChI=1S/C11H24OS/c1-2-3-4-5-6-7-8-9-11(13)10-12/h11-13H,2-10H2,1H3. The molecule has 0 aromatic heterocycles. The molecule has 0 spiro atoms. The highest BCUT2D eigenvalue weighted by atomic mass is 32.1. The van der Waals surface area contributed by atoms with Crippen LogP contribution in [0, 0.1) is 0 Å². The number of aliphatic hydroxyl groups excluding tert-OH is 1. The lowest BCUT2D eigenvalue weighted by molar-refractivity contribution is 0.289. The monoisotopic (exact) mass is 204 g/mol. The van der Waals surface area contributed by atoms with Crippen molar-refractivity contribution < 1.29 is 5.11 Å². The van der Waals surface area contributed by atoms with Gasteiger partial charge in [0.25, 0.3) is 0 Å². The third kappa shape index (κ3) is 10.2. The molecule has 80 valence electrons. The van der Waals surface area contributed by atoms with Crippen LogP contribution in [-0.2, 0) is 0 Å². The van der Waals surface area contributed by atoms with Crippen molar-refractivity contribution >= 4 is 12.6 Å². The SMILES string of the molecule is CCCCCCCCCC(S)CO. The van der Waals surface area contributed by atoms with Gasteiger partial charge in [0.15, 0.2) is 0 Å². The lowest BCUT2D eigenvalue weighted by Gasteiger charge is -2.05. The second kappa shape index (κ2) is 10.4. The van der Waals surface area contributed by atoms with Crippen molar-refractivity contribution in [1.82, 2.24) is 0 Å². The van der Waals surface area contributed by atoms with E-state index in [1.807, 2.05) is 0 Å². The van der Waals surface area contributed by atoms with E-state index in [1.54, 1.807) is 0 Å². The number of hydrogen-bond donors (Lipinski definition) is 2. The Morgan fingerprint density at radius 3 is 2.08 bits per heavy atom. The van der Waals surface area contributed by atoms with Gasteiger partial charge in [-0.05, 0) is 6.42 Å². The molecule has 0 heterocycles. The largest absolute Gasteiger partial charge is 0.395 e. The van der Waals surface area contributed by atoms with Crippen molar-refractivity contribution in [3.63, 3.8) is 0 Å². The number of thiol groups is 1. The molecule has 2 heteroatoms.